The molecule has 0 aliphatic heterocycles. The Morgan fingerprint density at radius 2 is 1.72 bits per heavy atom. The molecule has 3 nitrogen and oxygen atoms in total. The smallest absolute Gasteiger partial charge is 0.251 e. The highest BCUT2D eigenvalue weighted by molar-refractivity contribution is 7.99. The molecule has 3 aromatic carbocycles. The van der Waals surface area contributed by atoms with Crippen LogP contribution in [-0.4, -0.2) is 18.3 Å². The zero-order valence-electron chi connectivity index (χ0n) is 17.1. The second kappa shape index (κ2) is 10.2. The summed E-state index contributed by atoms with van der Waals surface area (Å²) >= 11 is 1.77. The van der Waals surface area contributed by atoms with Gasteiger partial charge in [0.15, 0.2) is 0 Å². The van der Waals surface area contributed by atoms with Crippen molar-refractivity contribution in [2.24, 2.45) is 0 Å². The lowest BCUT2D eigenvalue weighted by atomic mass is 10.00. The fourth-order valence-electron chi connectivity index (χ4n) is 3.12. The van der Waals surface area contributed by atoms with E-state index in [1.165, 1.54) is 16.0 Å². The summed E-state index contributed by atoms with van der Waals surface area (Å²) in [6, 6.07) is 23.9. The van der Waals surface area contributed by atoms with Crippen molar-refractivity contribution in [3.8, 4) is 5.75 Å². The van der Waals surface area contributed by atoms with Gasteiger partial charge in [-0.05, 0) is 68.3 Å². The number of nitrogens with one attached hydrogen (secondary N) is 1. The van der Waals surface area contributed by atoms with E-state index in [2.05, 4.69) is 49.5 Å². The van der Waals surface area contributed by atoms with Gasteiger partial charge in [-0.1, -0.05) is 42.0 Å². The Morgan fingerprint density at radius 1 is 1.00 bits per heavy atom. The summed E-state index contributed by atoms with van der Waals surface area (Å²) in [6.07, 6.45) is 0. The molecule has 0 fully saturated rings. The molecule has 3 rings (SSSR count). The fourth-order valence-corrected chi connectivity index (χ4v) is 3.87. The van der Waals surface area contributed by atoms with Gasteiger partial charge in [-0.3, -0.25) is 4.79 Å². The molecule has 150 valence electrons. The summed E-state index contributed by atoms with van der Waals surface area (Å²) in [5.41, 5.74) is 4.15. The average molecular weight is 406 g/mol. The highest BCUT2D eigenvalue weighted by Gasteiger charge is 2.13. The molecule has 0 radical (unpaired) electrons. The zero-order valence-corrected chi connectivity index (χ0v) is 18.0. The average Bonchev–Trinajstić information content (AvgIpc) is 2.74. The lowest BCUT2D eigenvalue weighted by Crippen LogP contribution is -2.27. The van der Waals surface area contributed by atoms with Crippen molar-refractivity contribution >= 4 is 17.7 Å². The quantitative estimate of drug-likeness (QED) is 0.371. The second-order valence-electron chi connectivity index (χ2n) is 7.09. The molecule has 0 saturated heterocycles. The van der Waals surface area contributed by atoms with E-state index in [1.807, 2.05) is 49.4 Å². The third-order valence-corrected chi connectivity index (χ3v) is 5.71. The molecule has 29 heavy (non-hydrogen) atoms. The second-order valence-corrected chi connectivity index (χ2v) is 8.26. The molecule has 0 heterocycles. The van der Waals surface area contributed by atoms with Crippen LogP contribution in [-0.2, 0) is 0 Å². The van der Waals surface area contributed by atoms with Crippen molar-refractivity contribution in [1.82, 2.24) is 5.32 Å². The Morgan fingerprint density at radius 3 is 2.45 bits per heavy atom. The van der Waals surface area contributed by atoms with E-state index >= 15 is 0 Å². The number of thioether (sulfide) groups is 1. The molecule has 0 bridgehead atoms. The van der Waals surface area contributed by atoms with Crippen LogP contribution in [0.3, 0.4) is 0 Å². The molecule has 3 aromatic rings. The van der Waals surface area contributed by atoms with Crippen LogP contribution < -0.4 is 10.1 Å². The van der Waals surface area contributed by atoms with Crippen LogP contribution >= 0.6 is 11.8 Å². The van der Waals surface area contributed by atoms with E-state index in [4.69, 9.17) is 4.74 Å². The van der Waals surface area contributed by atoms with Crippen LogP contribution in [0.25, 0.3) is 0 Å². The van der Waals surface area contributed by atoms with Gasteiger partial charge < -0.3 is 10.1 Å². The Hall–Kier alpha value is -2.72. The Kier molecular flexibility index (Phi) is 7.36. The van der Waals surface area contributed by atoms with Gasteiger partial charge in [-0.25, -0.2) is 0 Å². The van der Waals surface area contributed by atoms with Crippen molar-refractivity contribution in [1.29, 1.82) is 0 Å². The van der Waals surface area contributed by atoms with Gasteiger partial charge in [-0.15, -0.1) is 11.8 Å². The molecular weight excluding hydrogens is 378 g/mol. The summed E-state index contributed by atoms with van der Waals surface area (Å²) in [5.74, 6) is 1.57. The number of ether oxygens (including phenoxy) is 1. The van der Waals surface area contributed by atoms with E-state index in [9.17, 15) is 4.79 Å². The molecule has 0 aliphatic carbocycles. The number of hydrogen-bond donors (Lipinski definition) is 1. The largest absolute Gasteiger partial charge is 0.493 e. The molecule has 1 N–H and O–H groups in total. The van der Waals surface area contributed by atoms with E-state index in [0.29, 0.717) is 12.2 Å². The molecule has 1 amide bonds. The lowest BCUT2D eigenvalue weighted by molar-refractivity contribution is 0.0940. The normalized spacial score (nSPS) is 11.7. The van der Waals surface area contributed by atoms with Crippen LogP contribution in [0.4, 0.5) is 0 Å². The predicted molar refractivity (Wildman–Crippen MR) is 121 cm³/mol. The van der Waals surface area contributed by atoms with Crippen molar-refractivity contribution in [3.05, 3.63) is 95.1 Å². The third kappa shape index (κ3) is 6.13. The van der Waals surface area contributed by atoms with Gasteiger partial charge >= 0.3 is 0 Å². The van der Waals surface area contributed by atoms with Crippen LogP contribution in [0.2, 0.25) is 0 Å². The first kappa shape index (κ1) is 21.0. The maximum Gasteiger partial charge on any atom is 0.251 e. The van der Waals surface area contributed by atoms with E-state index in [1.54, 1.807) is 11.8 Å². The number of carbonyl (C=O) groups excluding carboxylic acids is 1. The summed E-state index contributed by atoms with van der Waals surface area (Å²) < 4.78 is 5.79. The molecule has 0 spiro atoms. The van der Waals surface area contributed by atoms with Crippen LogP contribution in [0.15, 0.2) is 77.7 Å². The van der Waals surface area contributed by atoms with E-state index in [-0.39, 0.29) is 11.9 Å². The zero-order chi connectivity index (χ0) is 20.6. The minimum absolute atomic E-state index is 0.0478. The van der Waals surface area contributed by atoms with Crippen molar-refractivity contribution in [3.63, 3.8) is 0 Å². The summed E-state index contributed by atoms with van der Waals surface area (Å²) in [7, 11) is 0. The predicted octanol–water partition coefficient (Wildman–Crippen LogP) is 5.97. The summed E-state index contributed by atoms with van der Waals surface area (Å²) in [6.45, 7) is 6.77. The Balaban J connectivity index is 1.50. The highest BCUT2D eigenvalue weighted by atomic mass is 32.2. The number of carbonyl (C=O) groups is 1. The summed E-state index contributed by atoms with van der Waals surface area (Å²) in [4.78, 5) is 13.8. The SMILES string of the molecule is Cc1ccc(C)c([C@H](C)NC(=O)c2ccc(OCCSc3ccccc3)cc2)c1. The standard InChI is InChI=1S/C25H27NO2S/c1-18-9-10-19(2)24(17-18)20(3)26-25(27)21-11-13-22(14-12-21)28-15-16-29-23-7-5-4-6-8-23/h4-14,17,20H,15-16H2,1-3H3,(H,26,27)/t20-/m0/s1. The first-order chi connectivity index (χ1) is 14.0. The molecule has 4 heteroatoms. The van der Waals surface area contributed by atoms with Crippen molar-refractivity contribution < 1.29 is 9.53 Å². The number of hydrogen-bond acceptors (Lipinski definition) is 3. The highest BCUT2D eigenvalue weighted by Crippen LogP contribution is 2.21. The van der Waals surface area contributed by atoms with Gasteiger partial charge in [0.2, 0.25) is 0 Å². The first-order valence-corrected chi connectivity index (χ1v) is 10.8. The van der Waals surface area contributed by atoms with Crippen LogP contribution in [0.5, 0.6) is 5.75 Å². The monoisotopic (exact) mass is 405 g/mol. The molecule has 1 atom stereocenters. The van der Waals surface area contributed by atoms with E-state index < -0.39 is 0 Å². The van der Waals surface area contributed by atoms with E-state index in [0.717, 1.165) is 17.1 Å². The number of aryl methyl sites for hydroxylation is 2. The fraction of sp³-hybridized carbons (Fsp3) is 0.240. The van der Waals surface area contributed by atoms with Gasteiger partial charge in [-0.2, -0.15) is 0 Å². The third-order valence-electron chi connectivity index (χ3n) is 4.73. The Bertz CT molecular complexity index is 939. The van der Waals surface area contributed by atoms with Crippen molar-refractivity contribution in [2.75, 3.05) is 12.4 Å². The molecule has 0 aromatic heterocycles. The topological polar surface area (TPSA) is 38.3 Å². The minimum Gasteiger partial charge on any atom is -0.493 e. The van der Waals surface area contributed by atoms with Gasteiger partial charge in [0.25, 0.3) is 5.91 Å². The maximum atomic E-state index is 12.6. The minimum atomic E-state index is -0.0791. The molecule has 0 aliphatic rings. The molecule has 0 unspecified atom stereocenters. The Labute approximate surface area is 177 Å². The number of rotatable bonds is 8. The summed E-state index contributed by atoms with van der Waals surface area (Å²) in [5, 5.41) is 3.09. The number of amides is 1. The van der Waals surface area contributed by atoms with Gasteiger partial charge in [0, 0.05) is 16.2 Å². The maximum absolute atomic E-state index is 12.6. The van der Waals surface area contributed by atoms with Crippen LogP contribution in [0, 0.1) is 13.8 Å². The molecule has 0 saturated carbocycles. The lowest BCUT2D eigenvalue weighted by Gasteiger charge is -2.17. The molecular formula is C25H27NO2S. The first-order valence-electron chi connectivity index (χ1n) is 9.81. The van der Waals surface area contributed by atoms with Gasteiger partial charge in [0.1, 0.15) is 5.75 Å². The van der Waals surface area contributed by atoms with Crippen LogP contribution in [0.1, 0.15) is 40.0 Å². The van der Waals surface area contributed by atoms with Gasteiger partial charge in [0.05, 0.1) is 12.6 Å². The van der Waals surface area contributed by atoms with Crippen molar-refractivity contribution in [2.45, 2.75) is 31.7 Å². The number of benzene rings is 3.